The van der Waals surface area contributed by atoms with Gasteiger partial charge in [-0.1, -0.05) is 283 Å². The maximum atomic E-state index is 15.9. The lowest BCUT2D eigenvalue weighted by atomic mass is 9.25. The fourth-order valence-corrected chi connectivity index (χ4v) is 29.9. The summed E-state index contributed by atoms with van der Waals surface area (Å²) in [6, 6.07) is 2.38. The third-order valence-electron chi connectivity index (χ3n) is 42.2. The molecule has 2 aliphatic carbocycles. The molecule has 0 spiro atoms. The zero-order valence-electron chi connectivity index (χ0n) is 72.9. The zero-order chi connectivity index (χ0) is 75.6. The molecule has 0 aromatic heterocycles. The van der Waals surface area contributed by atoms with Crippen LogP contribution in [0.2, 0.25) is 0 Å². The Kier molecular flexibility index (Phi) is 26.3. The third-order valence-corrected chi connectivity index (χ3v) is 42.2. The molecule has 0 radical (unpaired) electrons. The largest absolute Gasteiger partial charge is 0.458 e. The third kappa shape index (κ3) is 9.90. The van der Waals surface area contributed by atoms with Crippen molar-refractivity contribution < 1.29 is 19.1 Å². The van der Waals surface area contributed by atoms with E-state index in [1.807, 2.05) is 0 Å². The van der Waals surface area contributed by atoms with Gasteiger partial charge in [-0.15, -0.1) is 0 Å². The lowest BCUT2D eigenvalue weighted by Crippen LogP contribution is -2.72. The van der Waals surface area contributed by atoms with Crippen molar-refractivity contribution in [2.45, 2.75) is 437 Å². The predicted molar refractivity (Wildman–Crippen MR) is 418 cm³/mol. The first-order valence-electron chi connectivity index (χ1n) is 41.6. The Morgan fingerprint density at radius 1 is 0.354 bits per heavy atom. The van der Waals surface area contributed by atoms with Crippen LogP contribution in [-0.2, 0) is 19.1 Å². The molecule has 96 heavy (non-hydrogen) atoms. The highest BCUT2D eigenvalue weighted by molar-refractivity contribution is 5.85. The van der Waals surface area contributed by atoms with Gasteiger partial charge in [0.25, 0.3) is 0 Å². The van der Waals surface area contributed by atoms with Gasteiger partial charge in [-0.2, -0.15) is 5.26 Å². The lowest BCUT2D eigenvalue weighted by molar-refractivity contribution is -0.308. The van der Waals surface area contributed by atoms with Gasteiger partial charge in [-0.25, -0.2) is 0 Å². The van der Waals surface area contributed by atoms with Gasteiger partial charge in [0.05, 0.1) is 11.5 Å². The van der Waals surface area contributed by atoms with Crippen LogP contribution >= 0.6 is 0 Å². The van der Waals surface area contributed by atoms with Gasteiger partial charge in [0.15, 0.2) is 5.41 Å². The normalized spacial score (nSPS) is 31.2. The van der Waals surface area contributed by atoms with Crippen LogP contribution in [0, 0.1) is 137 Å². The van der Waals surface area contributed by atoms with Gasteiger partial charge in [0.2, 0.25) is 0 Å². The Balaban J connectivity index is 2.61. The molecule has 24 atom stereocenters. The van der Waals surface area contributed by atoms with Crippen molar-refractivity contribution in [1.82, 2.24) is 0 Å². The maximum Gasteiger partial charge on any atom is 0.327 e. The maximum absolute atomic E-state index is 15.9. The second-order valence-electron chi connectivity index (χ2n) is 38.9. The number of nitriles is 1. The van der Waals surface area contributed by atoms with E-state index >= 15 is 4.79 Å². The van der Waals surface area contributed by atoms with Crippen LogP contribution < -0.4 is 0 Å². The van der Waals surface area contributed by atoms with Crippen molar-refractivity contribution in [3.63, 3.8) is 0 Å². The molecular formula is C91H171NO4. The summed E-state index contributed by atoms with van der Waals surface area (Å²) in [6.45, 7) is 109. The van der Waals surface area contributed by atoms with Crippen molar-refractivity contribution >= 4 is 11.9 Å². The molecule has 2 bridgehead atoms. The van der Waals surface area contributed by atoms with Crippen LogP contribution in [0.3, 0.4) is 0 Å². The number of carbonyl (C=O) groups is 2. The number of fused-ring (bicyclic) bond motifs is 1. The van der Waals surface area contributed by atoms with E-state index in [-0.39, 0.29) is 115 Å². The van der Waals surface area contributed by atoms with Crippen molar-refractivity contribution in [3.8, 4) is 6.07 Å². The highest BCUT2D eigenvalue weighted by Crippen LogP contribution is 2.85. The molecule has 1 heterocycles. The number of esters is 2. The first-order chi connectivity index (χ1) is 43.8. The van der Waals surface area contributed by atoms with E-state index in [0.717, 1.165) is 103 Å². The minimum absolute atomic E-state index is 0.00961. The molecule has 3 rings (SSSR count). The van der Waals surface area contributed by atoms with Crippen LogP contribution in [0.5, 0.6) is 0 Å². The quantitative estimate of drug-likeness (QED) is 0.0570. The van der Waals surface area contributed by atoms with Gasteiger partial charge in [0, 0.05) is 11.8 Å². The van der Waals surface area contributed by atoms with Crippen LogP contribution in [0.4, 0.5) is 0 Å². The number of hydrogen-bond acceptors (Lipinski definition) is 5. The molecule has 3 fully saturated rings. The van der Waals surface area contributed by atoms with Gasteiger partial charge in [-0.05, 0) is 245 Å². The lowest BCUT2D eigenvalue weighted by Gasteiger charge is -2.79. The van der Waals surface area contributed by atoms with Crippen LogP contribution in [0.1, 0.15) is 425 Å². The van der Waals surface area contributed by atoms with Gasteiger partial charge in [0.1, 0.15) is 12.2 Å². The summed E-state index contributed by atoms with van der Waals surface area (Å²) in [4.78, 5) is 29.3. The summed E-state index contributed by atoms with van der Waals surface area (Å²) >= 11 is 0. The van der Waals surface area contributed by atoms with Crippen LogP contribution in [0.15, 0.2) is 0 Å². The van der Waals surface area contributed by atoms with Crippen molar-refractivity contribution in [1.29, 1.82) is 5.26 Å². The zero-order valence-corrected chi connectivity index (χ0v) is 72.9. The number of rotatable bonds is 41. The van der Waals surface area contributed by atoms with Crippen LogP contribution in [-0.4, -0.2) is 24.1 Å². The van der Waals surface area contributed by atoms with Gasteiger partial charge < -0.3 is 9.47 Å². The average Bonchev–Trinajstić information content (AvgIpc) is 1.04. The van der Waals surface area contributed by atoms with Gasteiger partial charge in [-0.3, -0.25) is 9.59 Å². The number of hydrogen-bond donors (Lipinski definition) is 0. The minimum Gasteiger partial charge on any atom is -0.458 e. The summed E-state index contributed by atoms with van der Waals surface area (Å²) in [5.74, 6) is -0.851. The smallest absolute Gasteiger partial charge is 0.327 e. The Labute approximate surface area is 602 Å². The van der Waals surface area contributed by atoms with Crippen molar-refractivity contribution in [2.75, 3.05) is 0 Å². The molecule has 0 amide bonds. The second kappa shape index (κ2) is 28.5. The monoisotopic (exact) mass is 1340 g/mol. The summed E-state index contributed by atoms with van der Waals surface area (Å²) in [5, 5.41) is 10.3. The van der Waals surface area contributed by atoms with Gasteiger partial charge >= 0.3 is 11.9 Å². The highest BCUT2D eigenvalue weighted by Gasteiger charge is 2.79. The Hall–Kier alpha value is -1.57. The topological polar surface area (TPSA) is 76.4 Å². The molecular weight excluding hydrogens is 1170 g/mol. The molecule has 1 saturated heterocycles. The van der Waals surface area contributed by atoms with E-state index < -0.39 is 34.4 Å². The predicted octanol–water partition coefficient (Wildman–Crippen LogP) is 28.7. The molecule has 3 aliphatic rings. The first-order valence-corrected chi connectivity index (χ1v) is 41.6. The molecule has 564 valence electrons. The number of nitrogens with zero attached hydrogens (tertiary/aromatic N) is 1. The van der Waals surface area contributed by atoms with Crippen molar-refractivity contribution in [2.24, 2.45) is 126 Å². The number of ether oxygens (including phenoxy) is 2. The van der Waals surface area contributed by atoms with E-state index in [1.165, 1.54) is 19.3 Å². The first kappa shape index (κ1) is 88.6. The Morgan fingerprint density at radius 3 is 0.750 bits per heavy atom. The molecule has 0 N–H and O–H groups in total. The van der Waals surface area contributed by atoms with E-state index in [1.54, 1.807) is 0 Å². The summed E-state index contributed by atoms with van der Waals surface area (Å²) in [6.07, 6.45) is 21.1. The average molecular weight is 1340 g/mol. The summed E-state index contributed by atoms with van der Waals surface area (Å²) < 4.78 is 13.0. The Bertz CT molecular complexity index is 2710. The number of carbonyl (C=O) groups excluding carboxylic acids is 2. The Morgan fingerprint density at radius 2 is 0.562 bits per heavy atom. The summed E-state index contributed by atoms with van der Waals surface area (Å²) in [7, 11) is 0. The van der Waals surface area contributed by atoms with Crippen LogP contribution in [0.25, 0.3) is 0 Å². The molecule has 2 saturated carbocycles. The SMILES string of the molecule is CCC(C)(C)C(C)(CC)C(C)(CC)C(C)(CC)C(C)(CC)C(C)(CC)C(C)(CC)C(C)(CC)C(C)(CC)C(C)(CC)C(C)(CC)C(C)(CC)C(C)(CC)C(C)(CC)C(C)(CC)C(C)(CC)C(C)(CC)C(C)(CC)C(C)(CC)C(C)(CC)C(=O)OC1C2CC3C1OC(=O)C3(C#N)C2. The molecule has 1 aliphatic heterocycles. The molecule has 0 aromatic carbocycles. The molecule has 24 unspecified atom stereocenters. The fourth-order valence-electron chi connectivity index (χ4n) is 29.9. The minimum atomic E-state index is -1.10. The highest BCUT2D eigenvalue weighted by atomic mass is 16.6. The van der Waals surface area contributed by atoms with Crippen molar-refractivity contribution in [3.05, 3.63) is 0 Å². The van der Waals surface area contributed by atoms with E-state index in [2.05, 4.69) is 290 Å². The molecule has 5 heteroatoms. The van der Waals surface area contributed by atoms with E-state index in [4.69, 9.17) is 9.47 Å². The second-order valence-corrected chi connectivity index (χ2v) is 38.9. The molecule has 5 nitrogen and oxygen atoms in total. The standard InChI is InChI=1S/C91H171NO4/c1-42-71(21,22)73(24,44-3)75(26,46-5)77(28,48-7)79(30,50-9)81(32,52-11)83(34,54-13)85(36,56-15)87(38,58-17)89(40,60-19)90(41,61-20)88(39,59-18)86(37,57-16)84(35,55-14)82(33,53-12)80(31,51-10)78(29,49-8)76(27,47-6)74(25,45-4)72(23,43-2)69(93)95-67-65-62-66-68(67)96-70(94)91(66,63-65)64-92/h65-68H,42-63H2,1-41H3. The van der Waals surface area contributed by atoms with E-state index in [9.17, 15) is 10.1 Å². The molecule has 0 aromatic rings. The van der Waals surface area contributed by atoms with E-state index in [0.29, 0.717) is 19.3 Å². The summed E-state index contributed by atoms with van der Waals surface area (Å²) in [5.41, 5.74) is -4.35. The fraction of sp³-hybridized carbons (Fsp3) is 0.967.